The van der Waals surface area contributed by atoms with Gasteiger partial charge in [0.15, 0.2) is 0 Å². The topological polar surface area (TPSA) is 75.6 Å². The number of nitrogens with one attached hydrogen (secondary N) is 1. The number of halogens is 1. The van der Waals surface area contributed by atoms with Crippen LogP contribution in [-0.2, 0) is 14.8 Å². The Morgan fingerprint density at radius 3 is 2.55 bits per heavy atom. The first-order valence-corrected chi connectivity index (χ1v) is 8.73. The predicted molar refractivity (Wildman–Crippen MR) is 88.3 cm³/mol. The first kappa shape index (κ1) is 16.7. The van der Waals surface area contributed by atoms with E-state index in [4.69, 9.17) is 11.6 Å². The summed E-state index contributed by atoms with van der Waals surface area (Å²) in [7, 11) is -3.67. The zero-order valence-corrected chi connectivity index (χ0v) is 14.1. The molecule has 7 heteroatoms. The van der Waals surface area contributed by atoms with Crippen molar-refractivity contribution in [1.82, 2.24) is 4.72 Å². The van der Waals surface area contributed by atoms with Crippen LogP contribution >= 0.6 is 11.6 Å². The van der Waals surface area contributed by atoms with Gasteiger partial charge in [0.2, 0.25) is 10.0 Å². The molecule has 0 aliphatic carbocycles. The van der Waals surface area contributed by atoms with Crippen LogP contribution in [0.15, 0.2) is 34.8 Å². The molecule has 1 aliphatic rings. The molecule has 22 heavy (non-hydrogen) atoms. The van der Waals surface area contributed by atoms with E-state index in [1.165, 1.54) is 13.8 Å². The van der Waals surface area contributed by atoms with Crippen molar-refractivity contribution in [3.8, 4) is 0 Å². The van der Waals surface area contributed by atoms with Gasteiger partial charge in [0, 0.05) is 17.0 Å². The Morgan fingerprint density at radius 1 is 1.32 bits per heavy atom. The first-order valence-electron chi connectivity index (χ1n) is 6.80. The fourth-order valence-electron chi connectivity index (χ4n) is 1.99. The van der Waals surface area contributed by atoms with Crippen LogP contribution in [0, 0.1) is 0 Å². The molecule has 0 bridgehead atoms. The van der Waals surface area contributed by atoms with E-state index in [1.807, 2.05) is 29.8 Å². The highest BCUT2D eigenvalue weighted by Crippen LogP contribution is 2.32. The Hall–Kier alpha value is -1.66. The molecule has 0 aromatic heterocycles. The number of aliphatic imine (C=N–C) groups is 1. The van der Waals surface area contributed by atoms with E-state index in [0.29, 0.717) is 17.1 Å². The van der Waals surface area contributed by atoms with Gasteiger partial charge in [-0.15, -0.1) is 0 Å². The van der Waals surface area contributed by atoms with Crippen LogP contribution in [0.25, 0.3) is 5.70 Å². The van der Waals surface area contributed by atoms with Crippen LogP contribution in [0.3, 0.4) is 0 Å². The lowest BCUT2D eigenvalue weighted by Gasteiger charge is -2.09. The van der Waals surface area contributed by atoms with Gasteiger partial charge >= 0.3 is 0 Å². The smallest absolute Gasteiger partial charge is 0.267 e. The van der Waals surface area contributed by atoms with E-state index < -0.39 is 21.2 Å². The summed E-state index contributed by atoms with van der Waals surface area (Å²) in [6, 6.07) is 7.20. The normalized spacial score (nSPS) is 15.2. The third-order valence-electron chi connectivity index (χ3n) is 3.33. The Balaban J connectivity index is 2.26. The summed E-state index contributed by atoms with van der Waals surface area (Å²) in [5, 5.41) is -0.146. The highest BCUT2D eigenvalue weighted by atomic mass is 35.5. The minimum atomic E-state index is -3.67. The zero-order valence-electron chi connectivity index (χ0n) is 12.6. The molecule has 5 nitrogen and oxygen atoms in total. The maximum absolute atomic E-state index is 12.1. The first-order chi connectivity index (χ1) is 10.2. The minimum absolute atomic E-state index is 0.177. The number of allylic oxidation sites excluding steroid dienone is 1. The standard InChI is InChI=1S/C15H17ClN2O3S/c1-9(2)22(20,21)18-15(19)13-8-10(3)14(17-13)11-6-4-5-7-12(11)16/h4-7,9H,8H2,1-3H3,(H,18,19). The molecule has 1 aromatic rings. The zero-order chi connectivity index (χ0) is 16.5. The average Bonchev–Trinajstić information content (AvgIpc) is 2.81. The second-order valence-electron chi connectivity index (χ2n) is 5.37. The molecule has 0 saturated heterocycles. The molecule has 0 radical (unpaired) electrons. The van der Waals surface area contributed by atoms with Gasteiger partial charge in [-0.05, 0) is 32.4 Å². The monoisotopic (exact) mass is 340 g/mol. The van der Waals surface area contributed by atoms with Crippen molar-refractivity contribution >= 4 is 38.9 Å². The van der Waals surface area contributed by atoms with Gasteiger partial charge in [0.1, 0.15) is 5.71 Å². The fraction of sp³-hybridized carbons (Fsp3) is 0.333. The molecule has 0 atom stereocenters. The summed E-state index contributed by atoms with van der Waals surface area (Å²) < 4.78 is 25.6. The second-order valence-corrected chi connectivity index (χ2v) is 8.01. The maximum atomic E-state index is 12.1. The summed E-state index contributed by atoms with van der Waals surface area (Å²) in [5.74, 6) is -0.685. The van der Waals surface area contributed by atoms with Gasteiger partial charge in [-0.25, -0.2) is 18.1 Å². The third-order valence-corrected chi connectivity index (χ3v) is 5.37. The Kier molecular flexibility index (Phi) is 4.72. The molecule has 1 amide bonds. The molecule has 2 rings (SSSR count). The van der Waals surface area contributed by atoms with Gasteiger partial charge < -0.3 is 0 Å². The van der Waals surface area contributed by atoms with Gasteiger partial charge in [-0.1, -0.05) is 29.8 Å². The number of rotatable bonds is 4. The largest absolute Gasteiger partial charge is 0.279 e. The Labute approximate surface area is 135 Å². The van der Waals surface area contributed by atoms with Crippen LogP contribution < -0.4 is 4.72 Å². The summed E-state index contributed by atoms with van der Waals surface area (Å²) >= 11 is 6.15. The van der Waals surface area contributed by atoms with Gasteiger partial charge in [-0.2, -0.15) is 0 Å². The van der Waals surface area contributed by atoms with Crippen molar-refractivity contribution in [3.05, 3.63) is 40.4 Å². The molecule has 1 aromatic carbocycles. The van der Waals surface area contributed by atoms with Gasteiger partial charge in [-0.3, -0.25) is 4.79 Å². The molecule has 0 fully saturated rings. The third kappa shape index (κ3) is 3.39. The van der Waals surface area contributed by atoms with Crippen molar-refractivity contribution in [1.29, 1.82) is 0 Å². The van der Waals surface area contributed by atoms with E-state index in [1.54, 1.807) is 6.07 Å². The summed E-state index contributed by atoms with van der Waals surface area (Å²) in [4.78, 5) is 16.4. The summed E-state index contributed by atoms with van der Waals surface area (Å²) in [6.45, 7) is 4.86. The highest BCUT2D eigenvalue weighted by molar-refractivity contribution is 7.90. The van der Waals surface area contributed by atoms with Gasteiger partial charge in [0.25, 0.3) is 5.91 Å². The van der Waals surface area contributed by atoms with Crippen LogP contribution in [0.2, 0.25) is 5.02 Å². The maximum Gasteiger partial charge on any atom is 0.279 e. The molecule has 0 spiro atoms. The van der Waals surface area contributed by atoms with Crippen molar-refractivity contribution < 1.29 is 13.2 Å². The van der Waals surface area contributed by atoms with E-state index in [9.17, 15) is 13.2 Å². The van der Waals surface area contributed by atoms with E-state index in [0.717, 1.165) is 11.1 Å². The highest BCUT2D eigenvalue weighted by Gasteiger charge is 2.26. The van der Waals surface area contributed by atoms with E-state index in [-0.39, 0.29) is 5.71 Å². The molecule has 0 saturated carbocycles. The molecule has 0 unspecified atom stereocenters. The lowest BCUT2D eigenvalue weighted by atomic mass is 10.1. The Bertz CT molecular complexity index is 780. The van der Waals surface area contributed by atoms with Crippen LogP contribution in [0.4, 0.5) is 0 Å². The lowest BCUT2D eigenvalue weighted by molar-refractivity contribution is -0.113. The number of amides is 1. The number of hydrogen-bond donors (Lipinski definition) is 1. The molecular formula is C15H17ClN2O3S. The van der Waals surface area contributed by atoms with Crippen molar-refractivity contribution in [2.75, 3.05) is 0 Å². The van der Waals surface area contributed by atoms with Crippen molar-refractivity contribution in [2.45, 2.75) is 32.4 Å². The molecular weight excluding hydrogens is 324 g/mol. The number of nitrogens with zero attached hydrogens (tertiary/aromatic N) is 1. The lowest BCUT2D eigenvalue weighted by Crippen LogP contribution is -2.39. The molecule has 1 aliphatic heterocycles. The Morgan fingerprint density at radius 2 is 1.95 bits per heavy atom. The number of sulfonamides is 1. The number of benzene rings is 1. The van der Waals surface area contributed by atoms with E-state index in [2.05, 4.69) is 4.99 Å². The number of carbonyl (C=O) groups is 1. The SMILES string of the molecule is CC1=C(c2ccccc2Cl)N=C(C(=O)NS(=O)(=O)C(C)C)C1. The van der Waals surface area contributed by atoms with Crippen LogP contribution in [0.1, 0.15) is 32.8 Å². The fourth-order valence-corrected chi connectivity index (χ4v) is 2.82. The minimum Gasteiger partial charge on any atom is -0.267 e. The molecule has 1 N–H and O–H groups in total. The van der Waals surface area contributed by atoms with Crippen molar-refractivity contribution in [3.63, 3.8) is 0 Å². The van der Waals surface area contributed by atoms with Crippen LogP contribution in [0.5, 0.6) is 0 Å². The summed E-state index contributed by atoms with van der Waals surface area (Å²) in [6.07, 6.45) is 0.306. The number of carbonyl (C=O) groups excluding carboxylic acids is 1. The van der Waals surface area contributed by atoms with Gasteiger partial charge in [0.05, 0.1) is 10.9 Å². The predicted octanol–water partition coefficient (Wildman–Crippen LogP) is 2.77. The number of hydrogen-bond acceptors (Lipinski definition) is 4. The average molecular weight is 341 g/mol. The van der Waals surface area contributed by atoms with Crippen molar-refractivity contribution in [2.24, 2.45) is 4.99 Å². The molecule has 118 valence electrons. The summed E-state index contributed by atoms with van der Waals surface area (Å²) in [5.41, 5.74) is 2.41. The second kappa shape index (κ2) is 6.22. The quantitative estimate of drug-likeness (QED) is 0.915. The van der Waals surface area contributed by atoms with E-state index >= 15 is 0 Å². The molecule has 1 heterocycles. The van der Waals surface area contributed by atoms with Crippen LogP contribution in [-0.4, -0.2) is 25.3 Å².